The molecule has 0 amide bonds. The van der Waals surface area contributed by atoms with Gasteiger partial charge in [-0.15, -0.1) is 4.83 Å². The fraction of sp³-hybridized carbons (Fsp3) is 0.400. The molecule has 0 aromatic heterocycles. The standard InChI is InChI=1S/C10H17N3O3S/c1-13(2)12-17(14,15)10-5-3-9(4-6-10)16-8-7-11/h3-6,12H,7-8,11H2,1-2H3. The maximum absolute atomic E-state index is 11.8. The first-order valence-corrected chi connectivity index (χ1v) is 6.57. The third-order valence-electron chi connectivity index (χ3n) is 1.82. The maximum Gasteiger partial charge on any atom is 0.253 e. The van der Waals surface area contributed by atoms with Crippen LogP contribution in [0.25, 0.3) is 0 Å². The van der Waals surface area contributed by atoms with Crippen LogP contribution in [0.4, 0.5) is 0 Å². The van der Waals surface area contributed by atoms with Crippen molar-refractivity contribution < 1.29 is 13.2 Å². The summed E-state index contributed by atoms with van der Waals surface area (Å²) < 4.78 is 28.8. The van der Waals surface area contributed by atoms with Crippen molar-refractivity contribution in [3.63, 3.8) is 0 Å². The normalized spacial score (nSPS) is 11.8. The van der Waals surface area contributed by atoms with Gasteiger partial charge in [0.25, 0.3) is 10.0 Å². The minimum Gasteiger partial charge on any atom is -0.492 e. The predicted molar refractivity (Wildman–Crippen MR) is 65.0 cm³/mol. The van der Waals surface area contributed by atoms with E-state index in [4.69, 9.17) is 10.5 Å². The van der Waals surface area contributed by atoms with Gasteiger partial charge in [0.1, 0.15) is 12.4 Å². The number of nitrogens with two attached hydrogens (primary N) is 1. The highest BCUT2D eigenvalue weighted by Gasteiger charge is 2.14. The molecule has 0 radical (unpaired) electrons. The Morgan fingerprint density at radius 1 is 1.29 bits per heavy atom. The molecular formula is C10H17N3O3S. The fourth-order valence-electron chi connectivity index (χ4n) is 1.18. The topological polar surface area (TPSA) is 84.7 Å². The molecular weight excluding hydrogens is 242 g/mol. The summed E-state index contributed by atoms with van der Waals surface area (Å²) >= 11 is 0. The van der Waals surface area contributed by atoms with Gasteiger partial charge in [0.2, 0.25) is 0 Å². The summed E-state index contributed by atoms with van der Waals surface area (Å²) in [5.74, 6) is 0.597. The van der Waals surface area contributed by atoms with Crippen LogP contribution in [-0.2, 0) is 10.0 Å². The van der Waals surface area contributed by atoms with Gasteiger partial charge in [-0.05, 0) is 24.3 Å². The second kappa shape index (κ2) is 5.97. The Hall–Kier alpha value is -1.15. The van der Waals surface area contributed by atoms with Crippen LogP contribution in [-0.4, -0.2) is 40.7 Å². The van der Waals surface area contributed by atoms with E-state index in [0.717, 1.165) is 0 Å². The summed E-state index contributed by atoms with van der Waals surface area (Å²) in [4.78, 5) is 2.53. The number of nitrogens with zero attached hydrogens (tertiary/aromatic N) is 1. The Bertz CT molecular complexity index is 442. The van der Waals surface area contributed by atoms with Crippen molar-refractivity contribution in [3.8, 4) is 5.75 Å². The lowest BCUT2D eigenvalue weighted by atomic mass is 10.3. The lowest BCUT2D eigenvalue weighted by molar-refractivity contribution is 0.328. The number of benzene rings is 1. The van der Waals surface area contributed by atoms with Gasteiger partial charge in [-0.25, -0.2) is 13.4 Å². The van der Waals surface area contributed by atoms with Gasteiger partial charge in [-0.1, -0.05) is 0 Å². The van der Waals surface area contributed by atoms with Crippen molar-refractivity contribution in [1.29, 1.82) is 0 Å². The van der Waals surface area contributed by atoms with Gasteiger partial charge in [0.05, 0.1) is 4.90 Å². The highest BCUT2D eigenvalue weighted by molar-refractivity contribution is 7.89. The Labute approximate surface area is 101 Å². The Kier molecular flexibility index (Phi) is 4.88. The van der Waals surface area contributed by atoms with E-state index in [2.05, 4.69) is 4.83 Å². The maximum atomic E-state index is 11.8. The first-order chi connectivity index (χ1) is 7.95. The van der Waals surface area contributed by atoms with Crippen molar-refractivity contribution >= 4 is 10.0 Å². The number of hydrogen-bond acceptors (Lipinski definition) is 5. The lowest BCUT2D eigenvalue weighted by Gasteiger charge is -2.12. The molecule has 0 aliphatic carbocycles. The number of hydrogen-bond donors (Lipinski definition) is 2. The number of sulfonamides is 1. The zero-order valence-corrected chi connectivity index (χ0v) is 10.7. The number of hydrazine groups is 1. The van der Waals surface area contributed by atoms with Gasteiger partial charge in [0.15, 0.2) is 0 Å². The van der Waals surface area contributed by atoms with Crippen LogP contribution in [0.1, 0.15) is 0 Å². The van der Waals surface area contributed by atoms with Crippen molar-refractivity contribution in [2.75, 3.05) is 27.2 Å². The second-order valence-electron chi connectivity index (χ2n) is 3.60. The van der Waals surface area contributed by atoms with E-state index in [1.165, 1.54) is 17.1 Å². The molecule has 3 N–H and O–H groups in total. The highest BCUT2D eigenvalue weighted by Crippen LogP contribution is 2.15. The summed E-state index contributed by atoms with van der Waals surface area (Å²) in [7, 11) is -0.286. The van der Waals surface area contributed by atoms with Crippen LogP contribution in [0.5, 0.6) is 5.75 Å². The molecule has 6 nitrogen and oxygen atoms in total. The van der Waals surface area contributed by atoms with Crippen LogP contribution in [0, 0.1) is 0 Å². The van der Waals surface area contributed by atoms with E-state index in [1.807, 2.05) is 0 Å². The quantitative estimate of drug-likeness (QED) is 0.690. The summed E-state index contributed by atoms with van der Waals surface area (Å²) in [5.41, 5.74) is 5.29. The Balaban J connectivity index is 2.80. The largest absolute Gasteiger partial charge is 0.492 e. The molecule has 0 aliphatic rings. The molecule has 1 aromatic rings. The van der Waals surface area contributed by atoms with Crippen LogP contribution < -0.4 is 15.3 Å². The number of nitrogens with one attached hydrogen (secondary N) is 1. The molecule has 17 heavy (non-hydrogen) atoms. The zero-order chi connectivity index (χ0) is 12.9. The molecule has 0 aliphatic heterocycles. The van der Waals surface area contributed by atoms with E-state index in [0.29, 0.717) is 18.9 Å². The van der Waals surface area contributed by atoms with Gasteiger partial charge in [0, 0.05) is 20.6 Å². The highest BCUT2D eigenvalue weighted by atomic mass is 32.2. The minimum atomic E-state index is -3.50. The SMILES string of the molecule is CN(C)NS(=O)(=O)c1ccc(OCCN)cc1. The average Bonchev–Trinajstić information content (AvgIpc) is 2.25. The molecule has 0 spiro atoms. The lowest BCUT2D eigenvalue weighted by Crippen LogP contribution is -2.36. The molecule has 0 unspecified atom stereocenters. The molecule has 1 aromatic carbocycles. The smallest absolute Gasteiger partial charge is 0.253 e. The van der Waals surface area contributed by atoms with Crippen molar-refractivity contribution in [2.24, 2.45) is 5.73 Å². The van der Waals surface area contributed by atoms with Crippen LogP contribution in [0.2, 0.25) is 0 Å². The summed E-state index contributed by atoms with van der Waals surface area (Å²) in [6.07, 6.45) is 0. The van der Waals surface area contributed by atoms with Gasteiger partial charge >= 0.3 is 0 Å². The Morgan fingerprint density at radius 2 is 1.88 bits per heavy atom. The molecule has 0 heterocycles. The molecule has 0 saturated heterocycles. The van der Waals surface area contributed by atoms with Crippen LogP contribution >= 0.6 is 0 Å². The molecule has 7 heteroatoms. The van der Waals surface area contributed by atoms with E-state index in [-0.39, 0.29) is 4.90 Å². The molecule has 0 fully saturated rings. The first kappa shape index (κ1) is 13.9. The molecule has 0 bridgehead atoms. The zero-order valence-electron chi connectivity index (χ0n) is 9.88. The predicted octanol–water partition coefficient (Wildman–Crippen LogP) is -0.221. The molecule has 96 valence electrons. The van der Waals surface area contributed by atoms with Crippen molar-refractivity contribution in [1.82, 2.24) is 9.84 Å². The second-order valence-corrected chi connectivity index (χ2v) is 5.26. The van der Waals surface area contributed by atoms with Crippen molar-refractivity contribution in [2.45, 2.75) is 4.90 Å². The molecule has 0 atom stereocenters. The summed E-state index contributed by atoms with van der Waals surface area (Å²) in [6.45, 7) is 0.824. The van der Waals surface area contributed by atoms with Crippen LogP contribution in [0.3, 0.4) is 0 Å². The van der Waals surface area contributed by atoms with Crippen molar-refractivity contribution in [3.05, 3.63) is 24.3 Å². The van der Waals surface area contributed by atoms with Gasteiger partial charge in [-0.3, -0.25) is 0 Å². The Morgan fingerprint density at radius 3 is 2.35 bits per heavy atom. The third kappa shape index (κ3) is 4.31. The monoisotopic (exact) mass is 259 g/mol. The fourth-order valence-corrected chi connectivity index (χ4v) is 2.27. The number of rotatable bonds is 6. The average molecular weight is 259 g/mol. The molecule has 0 saturated carbocycles. The van der Waals surface area contributed by atoms with E-state index in [9.17, 15) is 8.42 Å². The van der Waals surface area contributed by atoms with Gasteiger partial charge in [-0.2, -0.15) is 0 Å². The number of ether oxygens (including phenoxy) is 1. The summed E-state index contributed by atoms with van der Waals surface area (Å²) in [6, 6.07) is 6.16. The van der Waals surface area contributed by atoms with Crippen LogP contribution in [0.15, 0.2) is 29.2 Å². The summed E-state index contributed by atoms with van der Waals surface area (Å²) in [5, 5.41) is 1.37. The van der Waals surface area contributed by atoms with E-state index < -0.39 is 10.0 Å². The van der Waals surface area contributed by atoms with E-state index >= 15 is 0 Å². The third-order valence-corrected chi connectivity index (χ3v) is 3.32. The minimum absolute atomic E-state index is 0.186. The van der Waals surface area contributed by atoms with E-state index in [1.54, 1.807) is 26.2 Å². The van der Waals surface area contributed by atoms with Gasteiger partial charge < -0.3 is 10.5 Å². The molecule has 1 rings (SSSR count). The first-order valence-electron chi connectivity index (χ1n) is 5.08.